The molecule has 2 heterocycles. The third-order valence-corrected chi connectivity index (χ3v) is 4.35. The largest absolute Gasteiger partial charge is 0.306 e. The summed E-state index contributed by atoms with van der Waals surface area (Å²) < 4.78 is 14.7. The van der Waals surface area contributed by atoms with Gasteiger partial charge >= 0.3 is 0 Å². The van der Waals surface area contributed by atoms with E-state index in [4.69, 9.17) is 0 Å². The molecule has 0 atom stereocenters. The van der Waals surface area contributed by atoms with Gasteiger partial charge in [0.15, 0.2) is 0 Å². The average molecular weight is 296 g/mol. The fourth-order valence-corrected chi connectivity index (χ4v) is 3.33. The van der Waals surface area contributed by atoms with Crippen molar-refractivity contribution < 1.29 is 4.39 Å². The molecular formula is C16H9FN2OS. The fraction of sp³-hybridized carbons (Fsp3) is 0. The first-order chi connectivity index (χ1) is 10.2. The normalized spacial score (nSPS) is 11.3. The summed E-state index contributed by atoms with van der Waals surface area (Å²) in [5, 5.41) is 3.23. The molecule has 5 heteroatoms. The van der Waals surface area contributed by atoms with Gasteiger partial charge in [-0.2, -0.15) is 0 Å². The minimum atomic E-state index is -0.341. The molecule has 0 aliphatic heterocycles. The first kappa shape index (κ1) is 12.2. The van der Waals surface area contributed by atoms with Gasteiger partial charge in [0, 0.05) is 10.3 Å². The van der Waals surface area contributed by atoms with Crippen molar-refractivity contribution in [3.8, 4) is 11.4 Å². The highest BCUT2D eigenvalue weighted by molar-refractivity contribution is 7.17. The van der Waals surface area contributed by atoms with Crippen molar-refractivity contribution in [2.45, 2.75) is 0 Å². The molecule has 21 heavy (non-hydrogen) atoms. The van der Waals surface area contributed by atoms with Crippen LogP contribution in [0.15, 0.2) is 52.6 Å². The minimum absolute atomic E-state index is 0.218. The lowest BCUT2D eigenvalue weighted by molar-refractivity contribution is 0.630. The van der Waals surface area contributed by atoms with Crippen LogP contribution in [0.4, 0.5) is 4.39 Å². The molecule has 2 aromatic carbocycles. The zero-order chi connectivity index (χ0) is 14.4. The van der Waals surface area contributed by atoms with Crippen molar-refractivity contribution in [3.05, 3.63) is 64.0 Å². The van der Waals surface area contributed by atoms with Crippen molar-refractivity contribution in [2.75, 3.05) is 0 Å². The van der Waals surface area contributed by atoms with Gasteiger partial charge in [0.25, 0.3) is 5.56 Å². The Bertz CT molecular complexity index is 1040. The molecule has 4 rings (SSSR count). The van der Waals surface area contributed by atoms with Gasteiger partial charge in [-0.25, -0.2) is 9.37 Å². The number of benzene rings is 2. The number of nitrogens with one attached hydrogen (secondary N) is 1. The number of halogens is 1. The van der Waals surface area contributed by atoms with E-state index in [9.17, 15) is 9.18 Å². The molecule has 1 N–H and O–H groups in total. The van der Waals surface area contributed by atoms with Crippen molar-refractivity contribution in [2.24, 2.45) is 0 Å². The third-order valence-electron chi connectivity index (χ3n) is 3.38. The van der Waals surface area contributed by atoms with Gasteiger partial charge in [0.1, 0.15) is 11.6 Å². The predicted octanol–water partition coefficient (Wildman–Crippen LogP) is 3.94. The zero-order valence-corrected chi connectivity index (χ0v) is 11.6. The predicted molar refractivity (Wildman–Crippen MR) is 83.1 cm³/mol. The van der Waals surface area contributed by atoms with Gasteiger partial charge < -0.3 is 4.98 Å². The van der Waals surface area contributed by atoms with E-state index in [1.165, 1.54) is 23.5 Å². The Balaban J connectivity index is 2.09. The number of hydrogen-bond acceptors (Lipinski definition) is 3. The average Bonchev–Trinajstić information content (AvgIpc) is 2.94. The maximum atomic E-state index is 13.8. The summed E-state index contributed by atoms with van der Waals surface area (Å²) in [4.78, 5) is 19.4. The topological polar surface area (TPSA) is 45.8 Å². The molecule has 0 aliphatic rings. The molecule has 102 valence electrons. The van der Waals surface area contributed by atoms with Crippen LogP contribution in [0.5, 0.6) is 0 Å². The summed E-state index contributed by atoms with van der Waals surface area (Å²) in [6, 6.07) is 11.9. The van der Waals surface area contributed by atoms with Gasteiger partial charge in [0.2, 0.25) is 0 Å². The summed E-state index contributed by atoms with van der Waals surface area (Å²) in [6.45, 7) is 0. The maximum Gasteiger partial charge on any atom is 0.259 e. The number of nitrogens with zero attached hydrogens (tertiary/aromatic N) is 1. The number of para-hydroxylation sites is 1. The summed E-state index contributed by atoms with van der Waals surface area (Å²) >= 11 is 1.50. The van der Waals surface area contributed by atoms with Crippen LogP contribution in [0.1, 0.15) is 0 Å². The van der Waals surface area contributed by atoms with E-state index in [1.807, 2.05) is 17.5 Å². The Morgan fingerprint density at radius 3 is 2.90 bits per heavy atom. The lowest BCUT2D eigenvalue weighted by atomic mass is 10.1. The molecular weight excluding hydrogens is 287 g/mol. The number of rotatable bonds is 1. The standard InChI is InChI=1S/C16H9FN2OS/c17-10-7-9-5-6-21-14(9)12(8-10)15-18-13-4-2-1-3-11(13)16(20)19-15/h1-8H,(H,18,19,20). The monoisotopic (exact) mass is 296 g/mol. The van der Waals surface area contributed by atoms with Crippen molar-refractivity contribution in [1.82, 2.24) is 9.97 Å². The Morgan fingerprint density at radius 1 is 1.14 bits per heavy atom. The number of H-pyrrole nitrogens is 1. The second-order valence-electron chi connectivity index (χ2n) is 4.72. The van der Waals surface area contributed by atoms with Crippen molar-refractivity contribution in [3.63, 3.8) is 0 Å². The molecule has 0 saturated heterocycles. The van der Waals surface area contributed by atoms with Crippen LogP contribution in [-0.2, 0) is 0 Å². The number of aromatic amines is 1. The molecule has 0 aliphatic carbocycles. The molecule has 0 saturated carbocycles. The maximum absolute atomic E-state index is 13.8. The lowest BCUT2D eigenvalue weighted by Gasteiger charge is -2.05. The van der Waals surface area contributed by atoms with Crippen molar-refractivity contribution in [1.29, 1.82) is 0 Å². The number of thiophene rings is 1. The van der Waals surface area contributed by atoms with Crippen LogP contribution < -0.4 is 5.56 Å². The highest BCUT2D eigenvalue weighted by Crippen LogP contribution is 2.31. The number of fused-ring (bicyclic) bond motifs is 2. The molecule has 3 nitrogen and oxygen atoms in total. The highest BCUT2D eigenvalue weighted by atomic mass is 32.1. The van der Waals surface area contributed by atoms with Crippen LogP contribution in [0.2, 0.25) is 0 Å². The molecule has 4 aromatic rings. The quantitative estimate of drug-likeness (QED) is 0.578. The third kappa shape index (κ3) is 1.94. The van der Waals surface area contributed by atoms with E-state index >= 15 is 0 Å². The summed E-state index contributed by atoms with van der Waals surface area (Å²) in [5.41, 5.74) is 0.998. The number of aromatic nitrogens is 2. The number of hydrogen-bond donors (Lipinski definition) is 1. The van der Waals surface area contributed by atoms with E-state index in [-0.39, 0.29) is 11.4 Å². The Kier molecular flexibility index (Phi) is 2.62. The Labute approximate surface area is 122 Å². The van der Waals surface area contributed by atoms with Crippen LogP contribution >= 0.6 is 11.3 Å². The molecule has 0 amide bonds. The Morgan fingerprint density at radius 2 is 2.00 bits per heavy atom. The zero-order valence-electron chi connectivity index (χ0n) is 10.8. The van der Waals surface area contributed by atoms with Crippen LogP contribution in [-0.4, -0.2) is 9.97 Å². The van der Waals surface area contributed by atoms with Gasteiger partial charge in [-0.1, -0.05) is 12.1 Å². The molecule has 2 aromatic heterocycles. The second-order valence-corrected chi connectivity index (χ2v) is 5.64. The van der Waals surface area contributed by atoms with Crippen LogP contribution in [0.25, 0.3) is 32.4 Å². The molecule has 0 unspecified atom stereocenters. The molecule has 0 bridgehead atoms. The van der Waals surface area contributed by atoms with E-state index in [0.29, 0.717) is 22.3 Å². The second kappa shape index (κ2) is 4.49. The van der Waals surface area contributed by atoms with Crippen LogP contribution in [0, 0.1) is 5.82 Å². The summed E-state index contributed by atoms with van der Waals surface area (Å²) in [5.74, 6) is 0.0531. The minimum Gasteiger partial charge on any atom is -0.306 e. The molecule has 0 fully saturated rings. The summed E-state index contributed by atoms with van der Waals surface area (Å²) in [7, 11) is 0. The first-order valence-corrected chi connectivity index (χ1v) is 7.26. The Hall–Kier alpha value is -2.53. The SMILES string of the molecule is O=c1[nH]c(-c2cc(F)cc3ccsc23)nc2ccccc12. The highest BCUT2D eigenvalue weighted by Gasteiger charge is 2.11. The van der Waals surface area contributed by atoms with E-state index in [0.717, 1.165) is 10.1 Å². The van der Waals surface area contributed by atoms with Gasteiger partial charge in [0.05, 0.1) is 10.9 Å². The lowest BCUT2D eigenvalue weighted by Crippen LogP contribution is -2.09. The van der Waals surface area contributed by atoms with E-state index in [1.54, 1.807) is 18.2 Å². The smallest absolute Gasteiger partial charge is 0.259 e. The first-order valence-electron chi connectivity index (χ1n) is 6.38. The van der Waals surface area contributed by atoms with E-state index in [2.05, 4.69) is 9.97 Å². The molecule has 0 spiro atoms. The van der Waals surface area contributed by atoms with E-state index < -0.39 is 0 Å². The fourth-order valence-electron chi connectivity index (χ4n) is 2.44. The van der Waals surface area contributed by atoms with Gasteiger partial charge in [-0.15, -0.1) is 11.3 Å². The van der Waals surface area contributed by atoms with Crippen LogP contribution in [0.3, 0.4) is 0 Å². The van der Waals surface area contributed by atoms with Gasteiger partial charge in [-0.05, 0) is 41.1 Å². The summed E-state index contributed by atoms with van der Waals surface area (Å²) in [6.07, 6.45) is 0. The van der Waals surface area contributed by atoms with Gasteiger partial charge in [-0.3, -0.25) is 4.79 Å². The molecule has 0 radical (unpaired) electrons. The van der Waals surface area contributed by atoms with Crippen molar-refractivity contribution >= 4 is 32.3 Å².